The second-order valence-corrected chi connectivity index (χ2v) is 10.5. The smallest absolute Gasteiger partial charge is 0.0629 e. The Bertz CT molecular complexity index is 2300. The van der Waals surface area contributed by atoms with Gasteiger partial charge in [0.15, 0.2) is 0 Å². The second-order valence-electron chi connectivity index (χ2n) is 10.5. The van der Waals surface area contributed by atoms with Gasteiger partial charge in [0.1, 0.15) is 0 Å². The molecule has 1 nitrogen and oxygen atoms in total. The van der Waals surface area contributed by atoms with Gasteiger partial charge in [-0.3, -0.25) is 0 Å². The van der Waals surface area contributed by atoms with Crippen LogP contribution in [0.3, 0.4) is 0 Å². The van der Waals surface area contributed by atoms with E-state index in [0.717, 1.165) is 33.4 Å². The van der Waals surface area contributed by atoms with Crippen LogP contribution in [-0.2, 0) is 0 Å². The van der Waals surface area contributed by atoms with Crippen molar-refractivity contribution < 1.29 is 2.74 Å². The van der Waals surface area contributed by atoms with Crippen LogP contribution >= 0.6 is 0 Å². The molecule has 0 fully saturated rings. The third kappa shape index (κ3) is 4.11. The lowest BCUT2D eigenvalue weighted by Gasteiger charge is -2.28. The number of nitrogens with zero attached hydrogens (tertiary/aromatic N) is 1. The zero-order valence-corrected chi connectivity index (χ0v) is 22.4. The Labute approximate surface area is 242 Å². The first-order valence-corrected chi connectivity index (χ1v) is 13.9. The van der Waals surface area contributed by atoms with Gasteiger partial charge in [0.05, 0.1) is 8.43 Å². The van der Waals surface area contributed by atoms with Gasteiger partial charge in [0.25, 0.3) is 0 Å². The van der Waals surface area contributed by atoms with Crippen LogP contribution in [0, 0.1) is 0 Å². The molecule has 0 unspecified atom stereocenters. The van der Waals surface area contributed by atoms with Crippen molar-refractivity contribution in [3.05, 3.63) is 163 Å². The van der Waals surface area contributed by atoms with Crippen molar-refractivity contribution in [2.24, 2.45) is 0 Å². The van der Waals surface area contributed by atoms with Gasteiger partial charge in [-0.1, -0.05) is 127 Å². The van der Waals surface area contributed by atoms with Gasteiger partial charge in [0, 0.05) is 16.8 Å². The van der Waals surface area contributed by atoms with E-state index in [1.54, 1.807) is 0 Å². The largest absolute Gasteiger partial charge is 0.310 e. The Kier molecular flexibility index (Phi) is 5.05. The monoisotopic (exact) mass is 523 g/mol. The van der Waals surface area contributed by atoms with Crippen molar-refractivity contribution in [2.45, 2.75) is 0 Å². The predicted molar refractivity (Wildman–Crippen MR) is 178 cm³/mol. The fourth-order valence-electron chi connectivity index (χ4n) is 6.04. The summed E-state index contributed by atoms with van der Waals surface area (Å²) in [4.78, 5) is 2.30. The lowest BCUT2D eigenvalue weighted by molar-refractivity contribution is 1.30. The highest BCUT2D eigenvalue weighted by Gasteiger charge is 2.18. The molecule has 0 atom stereocenters. The van der Waals surface area contributed by atoms with E-state index in [0.29, 0.717) is 5.56 Å². The molecule has 0 N–H and O–H groups in total. The summed E-state index contributed by atoms with van der Waals surface area (Å²) >= 11 is 0. The first kappa shape index (κ1) is 21.4. The molecule has 0 aliphatic carbocycles. The number of rotatable bonds is 5. The summed E-state index contributed by atoms with van der Waals surface area (Å²) in [5.74, 6) is 0. The topological polar surface area (TPSA) is 3.24 Å². The van der Waals surface area contributed by atoms with Crippen LogP contribution in [0.5, 0.6) is 0 Å². The van der Waals surface area contributed by atoms with Crippen molar-refractivity contribution >= 4 is 72.3 Å². The van der Waals surface area contributed by atoms with E-state index in [-0.39, 0.29) is 12.1 Å². The minimum Gasteiger partial charge on any atom is -0.310 e. The minimum absolute atomic E-state index is 0.204. The third-order valence-corrected chi connectivity index (χ3v) is 7.97. The standard InChI is InChI=1S/C40H27N/c1-2-13-35(14-3-1)41(38-27-34-12-6-10-31-22-23-32-11-7-15-37(38)40(32)39(31)34)36-24-19-28(20-25-36)16-17-29-18-21-30-8-4-5-9-33(30)26-29/h1-27H/b17-16+/i16D,17D. The number of hydrogen-bond acceptors (Lipinski definition) is 1. The van der Waals surface area contributed by atoms with E-state index < -0.39 is 0 Å². The summed E-state index contributed by atoms with van der Waals surface area (Å²) in [7, 11) is 0. The average Bonchev–Trinajstić information content (AvgIpc) is 3.07. The zero-order chi connectivity index (χ0) is 28.9. The normalized spacial score (nSPS) is 13.0. The highest BCUT2D eigenvalue weighted by molar-refractivity contribution is 6.26. The van der Waals surface area contributed by atoms with E-state index >= 15 is 0 Å². The summed E-state index contributed by atoms with van der Waals surface area (Å²) < 4.78 is 17.7. The molecule has 0 spiro atoms. The van der Waals surface area contributed by atoms with E-state index in [1.807, 2.05) is 54.6 Å². The molecular formula is C40H27N. The molecule has 0 amide bonds. The molecule has 0 aliphatic heterocycles. The fourth-order valence-corrected chi connectivity index (χ4v) is 6.04. The van der Waals surface area contributed by atoms with Crippen molar-refractivity contribution in [2.75, 3.05) is 4.90 Å². The quantitative estimate of drug-likeness (QED) is 0.160. The highest BCUT2D eigenvalue weighted by atomic mass is 15.1. The summed E-state index contributed by atoms with van der Waals surface area (Å²) in [5.41, 5.74) is 4.62. The molecule has 1 heteroatoms. The second kappa shape index (κ2) is 9.66. The number of para-hydroxylation sites is 1. The van der Waals surface area contributed by atoms with Crippen LogP contribution in [-0.4, -0.2) is 0 Å². The molecular weight excluding hydrogens is 494 g/mol. The van der Waals surface area contributed by atoms with Crippen molar-refractivity contribution in [1.29, 1.82) is 0 Å². The Morgan fingerprint density at radius 2 is 1.00 bits per heavy atom. The van der Waals surface area contributed by atoms with Crippen LogP contribution in [0.25, 0.3) is 55.2 Å². The molecule has 8 aromatic carbocycles. The lowest BCUT2D eigenvalue weighted by atomic mass is 9.92. The minimum atomic E-state index is 0.204. The Morgan fingerprint density at radius 1 is 0.415 bits per heavy atom. The van der Waals surface area contributed by atoms with Gasteiger partial charge in [-0.25, -0.2) is 0 Å². The van der Waals surface area contributed by atoms with Crippen LogP contribution < -0.4 is 4.90 Å². The first-order chi connectivity index (χ1) is 21.2. The van der Waals surface area contributed by atoms with Gasteiger partial charge in [-0.05, 0) is 85.2 Å². The number of anilines is 3. The summed E-state index contributed by atoms with van der Waals surface area (Å²) in [6.07, 6.45) is 0. The Morgan fingerprint density at radius 3 is 1.83 bits per heavy atom. The average molecular weight is 524 g/mol. The van der Waals surface area contributed by atoms with Crippen LogP contribution in [0.15, 0.2) is 152 Å². The molecule has 0 aromatic heterocycles. The van der Waals surface area contributed by atoms with Crippen LogP contribution in [0.1, 0.15) is 13.9 Å². The lowest BCUT2D eigenvalue weighted by Crippen LogP contribution is -2.10. The highest BCUT2D eigenvalue weighted by Crippen LogP contribution is 2.44. The van der Waals surface area contributed by atoms with Gasteiger partial charge >= 0.3 is 0 Å². The van der Waals surface area contributed by atoms with Gasteiger partial charge in [-0.2, -0.15) is 0 Å². The molecule has 8 aromatic rings. The van der Waals surface area contributed by atoms with E-state index in [4.69, 9.17) is 2.74 Å². The van der Waals surface area contributed by atoms with Crippen molar-refractivity contribution in [1.82, 2.24) is 0 Å². The number of fused-ring (bicyclic) bond motifs is 1. The summed E-state index contributed by atoms with van der Waals surface area (Å²) in [6, 6.07) is 52.7. The SMILES string of the molecule is [2H]/C(=C(/[2H])c1ccc2ccccc2c1)c1ccc(N(c2ccccc2)c2cc3cccc4ccc5cccc2c5c43)cc1. The predicted octanol–water partition coefficient (Wildman–Crippen LogP) is 11.4. The van der Waals surface area contributed by atoms with Gasteiger partial charge < -0.3 is 4.90 Å². The van der Waals surface area contributed by atoms with Crippen molar-refractivity contribution in [3.63, 3.8) is 0 Å². The van der Waals surface area contributed by atoms with Crippen LogP contribution in [0.2, 0.25) is 0 Å². The molecule has 0 saturated carbocycles. The summed E-state index contributed by atoms with van der Waals surface area (Å²) in [5, 5.41) is 9.64. The zero-order valence-electron chi connectivity index (χ0n) is 24.4. The van der Waals surface area contributed by atoms with Gasteiger partial charge in [0.2, 0.25) is 0 Å². The maximum Gasteiger partial charge on any atom is 0.0629 e. The molecule has 0 radical (unpaired) electrons. The summed E-state index contributed by atoms with van der Waals surface area (Å²) in [6.45, 7) is 0. The number of benzene rings is 8. The Balaban J connectivity index is 1.27. The van der Waals surface area contributed by atoms with E-state index in [9.17, 15) is 0 Å². The third-order valence-electron chi connectivity index (χ3n) is 7.97. The molecule has 0 aliphatic rings. The molecule has 192 valence electrons. The fraction of sp³-hybridized carbons (Fsp3) is 0. The maximum atomic E-state index is 8.89. The molecule has 0 saturated heterocycles. The van der Waals surface area contributed by atoms with Gasteiger partial charge in [-0.15, -0.1) is 0 Å². The number of hydrogen-bond donors (Lipinski definition) is 0. The molecule has 8 rings (SSSR count). The van der Waals surface area contributed by atoms with Crippen molar-refractivity contribution in [3.8, 4) is 0 Å². The van der Waals surface area contributed by atoms with Crippen LogP contribution in [0.4, 0.5) is 17.1 Å². The molecule has 41 heavy (non-hydrogen) atoms. The van der Waals surface area contributed by atoms with E-state index in [2.05, 4.69) is 102 Å². The molecule has 0 heterocycles. The maximum absolute atomic E-state index is 8.89. The Hall–Kier alpha value is -5.40. The first-order valence-electron chi connectivity index (χ1n) is 14.9. The molecule has 0 bridgehead atoms. The van der Waals surface area contributed by atoms with E-state index in [1.165, 1.54) is 32.3 Å².